The van der Waals surface area contributed by atoms with E-state index in [1.807, 2.05) is 0 Å². The summed E-state index contributed by atoms with van der Waals surface area (Å²) in [6.45, 7) is 1.54. The number of carbonyl (C=O) groups is 4. The second-order valence-corrected chi connectivity index (χ2v) is 10.1. The van der Waals surface area contributed by atoms with Gasteiger partial charge in [0.1, 0.15) is 48.7 Å². The summed E-state index contributed by atoms with van der Waals surface area (Å²) in [7, 11) is 0. The number of carboxylic acids is 2. The molecule has 2 fully saturated rings. The topological polar surface area (TPSA) is 317 Å². The smallest absolute Gasteiger partial charge is 0.364 e. The minimum Gasteiger partial charge on any atom is -0.480 e. The van der Waals surface area contributed by atoms with Crippen LogP contribution in [0.2, 0.25) is 0 Å². The molecule has 2 amide bonds. The monoisotopic (exact) mass is 613 g/mol. The molecule has 19 heteroatoms. The summed E-state index contributed by atoms with van der Waals surface area (Å²) < 4.78 is 22.1. The number of nitrogens with one attached hydrogen (secondary N) is 2. The van der Waals surface area contributed by atoms with Crippen molar-refractivity contribution < 1.29 is 79.0 Å². The zero-order valence-electron chi connectivity index (χ0n) is 23.0. The van der Waals surface area contributed by atoms with Gasteiger partial charge < -0.3 is 76.2 Å². The van der Waals surface area contributed by atoms with Crippen molar-refractivity contribution >= 4 is 23.8 Å². The Balaban J connectivity index is 2.34. The molecule has 0 aromatic heterocycles. The number of aliphatic hydroxyl groups excluding tert-OH is 6. The van der Waals surface area contributed by atoms with Gasteiger partial charge in [0, 0.05) is 20.3 Å². The standard InChI is InChI=1S/C23H39N3O16/c1-7(13(24)20(35)36)40-21-15(26-9(3)29)18(34)17(33)12(41-21)6-39-23(22(37)38)4-10(30)14(25-8(2)28)19(42-23)16(32)11(31)5-27/h7,10-19,21,27,30-34H,4-6,24H2,1-3H3,(H,25,28)(H,26,29)(H,35,36)(H,37,38)/t7?,10-,11+,12+,13-,14+,15+,16+,17-,18+,19+,21-,23+/m0/s1. The number of carbonyl (C=O) groups excluding carboxylic acids is 2. The lowest BCUT2D eigenvalue weighted by Crippen LogP contribution is -2.69. The highest BCUT2D eigenvalue weighted by atomic mass is 16.7. The van der Waals surface area contributed by atoms with E-state index in [-0.39, 0.29) is 0 Å². The number of aliphatic carboxylic acids is 2. The van der Waals surface area contributed by atoms with Gasteiger partial charge in [0.25, 0.3) is 5.79 Å². The largest absolute Gasteiger partial charge is 0.480 e. The van der Waals surface area contributed by atoms with Crippen molar-refractivity contribution in [1.29, 1.82) is 0 Å². The zero-order valence-corrected chi connectivity index (χ0v) is 23.0. The molecule has 242 valence electrons. The van der Waals surface area contributed by atoms with Gasteiger partial charge in [0.2, 0.25) is 11.8 Å². The summed E-state index contributed by atoms with van der Waals surface area (Å²) in [5, 5.41) is 85.6. The van der Waals surface area contributed by atoms with Crippen LogP contribution in [0.5, 0.6) is 0 Å². The molecule has 2 heterocycles. The Bertz CT molecular complexity index is 972. The first-order valence-electron chi connectivity index (χ1n) is 12.9. The Morgan fingerprint density at radius 2 is 1.60 bits per heavy atom. The molecule has 42 heavy (non-hydrogen) atoms. The molecule has 19 nitrogen and oxygen atoms in total. The number of nitrogens with two attached hydrogens (primary N) is 1. The van der Waals surface area contributed by atoms with Crippen LogP contribution in [0, 0.1) is 0 Å². The molecule has 2 saturated heterocycles. The van der Waals surface area contributed by atoms with Crippen LogP contribution in [0.1, 0.15) is 27.2 Å². The lowest BCUT2D eigenvalue weighted by molar-refractivity contribution is -0.332. The molecule has 0 aromatic rings. The first-order valence-corrected chi connectivity index (χ1v) is 12.9. The number of ether oxygens (including phenoxy) is 4. The van der Waals surface area contributed by atoms with Gasteiger partial charge in [-0.2, -0.15) is 0 Å². The molecule has 2 aliphatic heterocycles. The third-order valence-electron chi connectivity index (χ3n) is 6.88. The maximum absolute atomic E-state index is 12.4. The number of amides is 2. The fourth-order valence-corrected chi connectivity index (χ4v) is 4.56. The van der Waals surface area contributed by atoms with Crippen LogP contribution in [0.4, 0.5) is 0 Å². The van der Waals surface area contributed by atoms with Gasteiger partial charge in [-0.3, -0.25) is 14.4 Å². The molecule has 12 N–H and O–H groups in total. The summed E-state index contributed by atoms with van der Waals surface area (Å²) in [6.07, 6.45) is -16.5. The minimum absolute atomic E-state index is 0.675. The van der Waals surface area contributed by atoms with Crippen LogP contribution in [-0.4, -0.2) is 157 Å². The zero-order chi connectivity index (χ0) is 32.1. The third kappa shape index (κ3) is 8.29. The maximum atomic E-state index is 12.4. The highest BCUT2D eigenvalue weighted by Gasteiger charge is 2.57. The number of hydrogen-bond donors (Lipinski definition) is 11. The Morgan fingerprint density at radius 1 is 1.02 bits per heavy atom. The Hall–Kier alpha value is -2.56. The van der Waals surface area contributed by atoms with E-state index in [2.05, 4.69) is 10.6 Å². The average Bonchev–Trinajstić information content (AvgIpc) is 2.91. The second-order valence-electron chi connectivity index (χ2n) is 10.1. The SMILES string of the molecule is CC(=O)N[C@H]1[C@@H](OC(C)[C@H](N)C(=O)O)O[C@H](CO[C@]2(C(=O)O)C[C@H](O)[C@@H](NC(C)=O)[C@H]([C@H](O)[C@H](O)CO)O2)[C@H](O)[C@@H]1O. The van der Waals surface area contributed by atoms with Crippen LogP contribution in [0.15, 0.2) is 0 Å². The molecule has 2 rings (SSSR count). The number of hydrogen-bond acceptors (Lipinski definition) is 15. The molecule has 0 aliphatic carbocycles. The highest BCUT2D eigenvalue weighted by Crippen LogP contribution is 2.35. The molecular weight excluding hydrogens is 574 g/mol. The van der Waals surface area contributed by atoms with Crippen molar-refractivity contribution in [2.45, 2.75) is 106 Å². The fourth-order valence-electron chi connectivity index (χ4n) is 4.56. The van der Waals surface area contributed by atoms with Crippen LogP contribution >= 0.6 is 0 Å². The van der Waals surface area contributed by atoms with Crippen LogP contribution < -0.4 is 16.4 Å². The summed E-state index contributed by atoms with van der Waals surface area (Å²) in [6, 6.07) is -4.45. The van der Waals surface area contributed by atoms with Crippen molar-refractivity contribution in [3.63, 3.8) is 0 Å². The van der Waals surface area contributed by atoms with E-state index < -0.39 is 122 Å². The number of aliphatic hydroxyl groups is 6. The predicted molar refractivity (Wildman–Crippen MR) is 133 cm³/mol. The van der Waals surface area contributed by atoms with Crippen LogP contribution in [-0.2, 0) is 38.1 Å². The van der Waals surface area contributed by atoms with E-state index in [4.69, 9.17) is 29.8 Å². The Morgan fingerprint density at radius 3 is 2.10 bits per heavy atom. The molecule has 13 atom stereocenters. The molecule has 0 saturated carbocycles. The summed E-state index contributed by atoms with van der Waals surface area (Å²) in [5.74, 6) is -7.44. The first-order chi connectivity index (χ1) is 19.4. The van der Waals surface area contributed by atoms with E-state index in [0.717, 1.165) is 13.8 Å². The molecule has 2 aliphatic rings. The molecule has 0 aromatic carbocycles. The van der Waals surface area contributed by atoms with Gasteiger partial charge in [-0.05, 0) is 6.92 Å². The maximum Gasteiger partial charge on any atom is 0.364 e. The van der Waals surface area contributed by atoms with Crippen molar-refractivity contribution in [3.05, 3.63) is 0 Å². The second kappa shape index (κ2) is 14.8. The van der Waals surface area contributed by atoms with Crippen LogP contribution in [0.25, 0.3) is 0 Å². The summed E-state index contributed by atoms with van der Waals surface area (Å²) >= 11 is 0. The summed E-state index contributed by atoms with van der Waals surface area (Å²) in [4.78, 5) is 47.0. The van der Waals surface area contributed by atoms with Gasteiger partial charge in [-0.1, -0.05) is 0 Å². The van der Waals surface area contributed by atoms with Gasteiger partial charge in [0.05, 0.1) is 31.5 Å². The van der Waals surface area contributed by atoms with E-state index >= 15 is 0 Å². The van der Waals surface area contributed by atoms with Crippen molar-refractivity contribution in [3.8, 4) is 0 Å². The lowest BCUT2D eigenvalue weighted by atomic mass is 9.88. The van der Waals surface area contributed by atoms with Crippen molar-refractivity contribution in [2.24, 2.45) is 5.73 Å². The Kier molecular flexibility index (Phi) is 12.5. The van der Waals surface area contributed by atoms with Crippen molar-refractivity contribution in [1.82, 2.24) is 10.6 Å². The van der Waals surface area contributed by atoms with E-state index in [9.17, 15) is 54.9 Å². The van der Waals surface area contributed by atoms with Gasteiger partial charge in [-0.25, -0.2) is 4.79 Å². The van der Waals surface area contributed by atoms with E-state index in [1.54, 1.807) is 0 Å². The fraction of sp³-hybridized carbons (Fsp3) is 0.826. The van der Waals surface area contributed by atoms with Gasteiger partial charge in [0.15, 0.2) is 6.29 Å². The number of rotatable bonds is 13. The van der Waals surface area contributed by atoms with Gasteiger partial charge in [-0.15, -0.1) is 0 Å². The lowest BCUT2D eigenvalue weighted by Gasteiger charge is -2.48. The third-order valence-corrected chi connectivity index (χ3v) is 6.88. The molecule has 0 radical (unpaired) electrons. The minimum atomic E-state index is -2.78. The van der Waals surface area contributed by atoms with Gasteiger partial charge >= 0.3 is 11.9 Å². The Labute approximate surface area is 239 Å². The van der Waals surface area contributed by atoms with Crippen LogP contribution in [0.3, 0.4) is 0 Å². The average molecular weight is 614 g/mol. The first kappa shape index (κ1) is 35.6. The summed E-state index contributed by atoms with van der Waals surface area (Å²) in [5.41, 5.74) is 5.56. The number of carboxylic acid groups (broad SMARTS) is 2. The predicted octanol–water partition coefficient (Wildman–Crippen LogP) is -6.08. The van der Waals surface area contributed by atoms with Crippen molar-refractivity contribution in [2.75, 3.05) is 13.2 Å². The highest BCUT2D eigenvalue weighted by molar-refractivity contribution is 5.76. The van der Waals surface area contributed by atoms with E-state index in [0.29, 0.717) is 0 Å². The molecule has 0 bridgehead atoms. The molecule has 0 spiro atoms. The van der Waals surface area contributed by atoms with E-state index in [1.165, 1.54) is 6.92 Å². The quantitative estimate of drug-likeness (QED) is 0.0920. The normalized spacial score (nSPS) is 36.2. The molecule has 1 unspecified atom stereocenters. The molecular formula is C23H39N3O16.